The average Bonchev–Trinajstić information content (AvgIpc) is 2.84. The molecule has 0 saturated heterocycles. The molecule has 0 bridgehead atoms. The Hall–Kier alpha value is -0.570. The van der Waals surface area contributed by atoms with Gasteiger partial charge in [0, 0.05) is 6.04 Å². The summed E-state index contributed by atoms with van der Waals surface area (Å²) < 4.78 is 4.73. The first-order valence-electron chi connectivity index (χ1n) is 4.51. The summed E-state index contributed by atoms with van der Waals surface area (Å²) in [5, 5.41) is 0. The smallest absolute Gasteiger partial charge is 0.313 e. The fourth-order valence-electron chi connectivity index (χ4n) is 1.65. The molecule has 1 aliphatic rings. The minimum atomic E-state index is -0.315. The fraction of sp³-hybridized carbons (Fsp3) is 0.889. The predicted molar refractivity (Wildman–Crippen MR) is 46.6 cm³/mol. The summed E-state index contributed by atoms with van der Waals surface area (Å²) in [5.41, 5.74) is 5.59. The molecule has 0 aromatic rings. The van der Waals surface area contributed by atoms with Crippen molar-refractivity contribution in [2.75, 3.05) is 7.11 Å². The molecule has 1 atom stereocenters. The minimum absolute atomic E-state index is 0.00468. The number of carbonyl (C=O) groups excluding carboxylic acids is 1. The van der Waals surface area contributed by atoms with Crippen LogP contribution in [0.1, 0.15) is 32.6 Å². The number of nitrogens with two attached hydrogens (primary N) is 1. The van der Waals surface area contributed by atoms with Gasteiger partial charge in [-0.3, -0.25) is 4.79 Å². The maximum atomic E-state index is 11.3. The lowest BCUT2D eigenvalue weighted by Crippen LogP contribution is -2.37. The van der Waals surface area contributed by atoms with Gasteiger partial charge in [0.1, 0.15) is 0 Å². The second-order valence-electron chi connectivity index (χ2n) is 3.54. The Labute approximate surface area is 73.3 Å². The molecule has 3 heteroatoms. The van der Waals surface area contributed by atoms with Crippen molar-refractivity contribution in [1.29, 1.82) is 0 Å². The van der Waals surface area contributed by atoms with Crippen molar-refractivity contribution in [1.82, 2.24) is 0 Å². The van der Waals surface area contributed by atoms with Crippen molar-refractivity contribution >= 4 is 5.97 Å². The molecule has 1 rings (SSSR count). The van der Waals surface area contributed by atoms with Gasteiger partial charge in [-0.25, -0.2) is 0 Å². The zero-order valence-corrected chi connectivity index (χ0v) is 7.80. The molecule has 0 aliphatic heterocycles. The predicted octanol–water partition coefficient (Wildman–Crippen LogP) is 1.07. The van der Waals surface area contributed by atoms with Crippen molar-refractivity contribution in [2.45, 2.75) is 38.6 Å². The van der Waals surface area contributed by atoms with Gasteiger partial charge >= 0.3 is 5.97 Å². The standard InChI is InChI=1S/C9H17NO2/c1-3-4-7(10)9(5-6-9)8(11)12-2/h7H,3-6,10H2,1-2H3. The Morgan fingerprint density at radius 3 is 2.58 bits per heavy atom. The molecule has 1 unspecified atom stereocenters. The highest BCUT2D eigenvalue weighted by Crippen LogP contribution is 2.50. The van der Waals surface area contributed by atoms with Gasteiger partial charge in [0.05, 0.1) is 12.5 Å². The van der Waals surface area contributed by atoms with Crippen LogP contribution in [0.25, 0.3) is 0 Å². The first-order chi connectivity index (χ1) is 5.67. The molecule has 1 saturated carbocycles. The van der Waals surface area contributed by atoms with Gasteiger partial charge < -0.3 is 10.5 Å². The van der Waals surface area contributed by atoms with Gasteiger partial charge in [0.2, 0.25) is 0 Å². The van der Waals surface area contributed by atoms with E-state index >= 15 is 0 Å². The molecule has 3 nitrogen and oxygen atoms in total. The van der Waals surface area contributed by atoms with Crippen LogP contribution in [0.4, 0.5) is 0 Å². The molecule has 0 amide bonds. The van der Waals surface area contributed by atoms with Crippen LogP contribution in [0.3, 0.4) is 0 Å². The first kappa shape index (κ1) is 9.52. The van der Waals surface area contributed by atoms with E-state index in [-0.39, 0.29) is 17.4 Å². The third-order valence-corrected chi connectivity index (χ3v) is 2.69. The summed E-state index contributed by atoms with van der Waals surface area (Å²) in [7, 11) is 1.43. The lowest BCUT2D eigenvalue weighted by Gasteiger charge is -2.19. The molecule has 0 heterocycles. The summed E-state index contributed by atoms with van der Waals surface area (Å²) in [5.74, 6) is -0.122. The monoisotopic (exact) mass is 171 g/mol. The van der Waals surface area contributed by atoms with Crippen LogP contribution in [0.2, 0.25) is 0 Å². The number of hydrogen-bond donors (Lipinski definition) is 1. The molecular formula is C9H17NO2. The van der Waals surface area contributed by atoms with Crippen molar-refractivity contribution in [3.8, 4) is 0 Å². The lowest BCUT2D eigenvalue weighted by atomic mass is 9.94. The van der Waals surface area contributed by atoms with Crippen molar-refractivity contribution in [3.63, 3.8) is 0 Å². The van der Waals surface area contributed by atoms with Crippen molar-refractivity contribution in [3.05, 3.63) is 0 Å². The second-order valence-corrected chi connectivity index (χ2v) is 3.54. The number of methoxy groups -OCH3 is 1. The average molecular weight is 171 g/mol. The first-order valence-corrected chi connectivity index (χ1v) is 4.51. The molecule has 0 aromatic heterocycles. The number of esters is 1. The number of hydrogen-bond acceptors (Lipinski definition) is 3. The lowest BCUT2D eigenvalue weighted by molar-refractivity contribution is -0.148. The molecule has 0 spiro atoms. The zero-order chi connectivity index (χ0) is 9.19. The van der Waals surface area contributed by atoms with Crippen LogP contribution >= 0.6 is 0 Å². The molecule has 70 valence electrons. The van der Waals surface area contributed by atoms with Gasteiger partial charge in [0.25, 0.3) is 0 Å². The van der Waals surface area contributed by atoms with E-state index in [1.165, 1.54) is 7.11 Å². The molecule has 12 heavy (non-hydrogen) atoms. The van der Waals surface area contributed by atoms with Gasteiger partial charge in [-0.05, 0) is 19.3 Å². The Kier molecular flexibility index (Phi) is 2.73. The highest BCUT2D eigenvalue weighted by Gasteiger charge is 2.55. The summed E-state index contributed by atoms with van der Waals surface area (Å²) >= 11 is 0. The second kappa shape index (κ2) is 3.44. The van der Waals surface area contributed by atoms with Crippen LogP contribution in [0, 0.1) is 5.41 Å². The third-order valence-electron chi connectivity index (χ3n) is 2.69. The zero-order valence-electron chi connectivity index (χ0n) is 7.80. The van der Waals surface area contributed by atoms with E-state index in [9.17, 15) is 4.79 Å². The number of ether oxygens (including phenoxy) is 1. The molecule has 2 N–H and O–H groups in total. The van der Waals surface area contributed by atoms with Crippen LogP contribution in [0.15, 0.2) is 0 Å². The number of rotatable bonds is 4. The Morgan fingerprint density at radius 1 is 1.67 bits per heavy atom. The van der Waals surface area contributed by atoms with E-state index < -0.39 is 0 Å². The fourth-order valence-corrected chi connectivity index (χ4v) is 1.65. The minimum Gasteiger partial charge on any atom is -0.469 e. The molecule has 0 aromatic carbocycles. The Morgan fingerprint density at radius 2 is 2.25 bits per heavy atom. The Bertz CT molecular complexity index is 175. The van der Waals surface area contributed by atoms with E-state index in [0.29, 0.717) is 0 Å². The maximum Gasteiger partial charge on any atom is 0.313 e. The summed E-state index contributed by atoms with van der Waals surface area (Å²) in [6.45, 7) is 2.08. The van der Waals surface area contributed by atoms with Crippen molar-refractivity contribution < 1.29 is 9.53 Å². The van der Waals surface area contributed by atoms with Crippen LogP contribution in [-0.2, 0) is 9.53 Å². The summed E-state index contributed by atoms with van der Waals surface area (Å²) in [6, 6.07) is -0.00468. The van der Waals surface area contributed by atoms with Gasteiger partial charge in [-0.15, -0.1) is 0 Å². The van der Waals surface area contributed by atoms with Gasteiger partial charge in [0.15, 0.2) is 0 Å². The normalized spacial score (nSPS) is 21.6. The van der Waals surface area contributed by atoms with Crippen molar-refractivity contribution in [2.24, 2.45) is 11.1 Å². The highest BCUT2D eigenvalue weighted by atomic mass is 16.5. The van der Waals surface area contributed by atoms with E-state index in [4.69, 9.17) is 10.5 Å². The van der Waals surface area contributed by atoms with Crippen LogP contribution in [0.5, 0.6) is 0 Å². The molecular weight excluding hydrogens is 154 g/mol. The highest BCUT2D eigenvalue weighted by molar-refractivity contribution is 5.80. The maximum absolute atomic E-state index is 11.3. The number of carbonyl (C=O) groups is 1. The van der Waals surface area contributed by atoms with E-state index in [2.05, 4.69) is 6.92 Å². The van der Waals surface area contributed by atoms with Gasteiger partial charge in [-0.1, -0.05) is 13.3 Å². The Balaban J connectivity index is 2.53. The SMILES string of the molecule is CCCC(N)C1(C(=O)OC)CC1. The summed E-state index contributed by atoms with van der Waals surface area (Å²) in [4.78, 5) is 11.3. The van der Waals surface area contributed by atoms with E-state index in [1.807, 2.05) is 0 Å². The molecule has 1 aliphatic carbocycles. The molecule has 0 radical (unpaired) electrons. The van der Waals surface area contributed by atoms with E-state index in [1.54, 1.807) is 0 Å². The molecule has 1 fully saturated rings. The topological polar surface area (TPSA) is 52.3 Å². The van der Waals surface area contributed by atoms with Crippen LogP contribution < -0.4 is 5.73 Å². The quantitative estimate of drug-likeness (QED) is 0.644. The van der Waals surface area contributed by atoms with Gasteiger partial charge in [-0.2, -0.15) is 0 Å². The third kappa shape index (κ3) is 1.46. The largest absolute Gasteiger partial charge is 0.469 e. The van der Waals surface area contributed by atoms with Crippen LogP contribution in [-0.4, -0.2) is 19.1 Å². The summed E-state index contributed by atoms with van der Waals surface area (Å²) in [6.07, 6.45) is 3.75. The van der Waals surface area contributed by atoms with E-state index in [0.717, 1.165) is 25.7 Å².